The highest BCUT2D eigenvalue weighted by Crippen LogP contribution is 2.30. The molecule has 0 unspecified atom stereocenters. The van der Waals surface area contributed by atoms with E-state index in [2.05, 4.69) is 67.0 Å². The number of methoxy groups -OCH3 is 1. The molecule has 0 radical (unpaired) electrons. The second kappa shape index (κ2) is 8.59. The van der Waals surface area contributed by atoms with Crippen molar-refractivity contribution < 1.29 is 9.84 Å². The van der Waals surface area contributed by atoms with Crippen LogP contribution in [0, 0.1) is 5.41 Å². The maximum absolute atomic E-state index is 9.57. The highest BCUT2D eigenvalue weighted by molar-refractivity contribution is 5.87. The van der Waals surface area contributed by atoms with Crippen LogP contribution in [-0.4, -0.2) is 60.8 Å². The van der Waals surface area contributed by atoms with E-state index in [1.807, 2.05) is 0 Å². The highest BCUT2D eigenvalue weighted by atomic mass is 16.5. The zero-order valence-corrected chi connectivity index (χ0v) is 17.2. The third-order valence-electron chi connectivity index (χ3n) is 5.43. The Bertz CT molecular complexity index is 754. The van der Waals surface area contributed by atoms with Crippen LogP contribution in [0.5, 0.6) is 5.75 Å². The molecular weight excluding hydrogens is 336 g/mol. The van der Waals surface area contributed by atoms with Crippen molar-refractivity contribution in [3.05, 3.63) is 42.0 Å². The van der Waals surface area contributed by atoms with Crippen molar-refractivity contribution in [1.82, 2.24) is 9.80 Å². The maximum Gasteiger partial charge on any atom is 0.123 e. The van der Waals surface area contributed by atoms with E-state index in [9.17, 15) is 5.11 Å². The van der Waals surface area contributed by atoms with Gasteiger partial charge >= 0.3 is 0 Å². The Morgan fingerprint density at radius 1 is 1.11 bits per heavy atom. The molecular formula is C23H34N2O2. The standard InChI is InChI=1S/C23H34N2O2/c1-23(2,3)17-25-13-12-24(15-19(25)11-14-26)16-21-20-8-6-5-7-18(20)9-10-22(21)27-4/h5-10,19,26H,11-17H2,1-4H3/t19-/m1/s1. The molecule has 1 heterocycles. The quantitative estimate of drug-likeness (QED) is 0.840. The van der Waals surface area contributed by atoms with Gasteiger partial charge in [-0.15, -0.1) is 0 Å². The van der Waals surface area contributed by atoms with Gasteiger partial charge in [-0.2, -0.15) is 0 Å². The number of hydrogen-bond acceptors (Lipinski definition) is 4. The molecule has 27 heavy (non-hydrogen) atoms. The molecule has 4 heteroatoms. The topological polar surface area (TPSA) is 35.9 Å². The van der Waals surface area contributed by atoms with E-state index in [1.54, 1.807) is 7.11 Å². The van der Waals surface area contributed by atoms with Gasteiger partial charge in [0.05, 0.1) is 7.11 Å². The smallest absolute Gasteiger partial charge is 0.123 e. The van der Waals surface area contributed by atoms with Crippen LogP contribution in [0.4, 0.5) is 0 Å². The van der Waals surface area contributed by atoms with Crippen LogP contribution in [0.3, 0.4) is 0 Å². The van der Waals surface area contributed by atoms with E-state index < -0.39 is 0 Å². The second-order valence-corrected chi connectivity index (χ2v) is 8.90. The SMILES string of the molecule is COc1ccc2ccccc2c1CN1CCN(CC(C)(C)C)[C@H](CCO)C1. The number of rotatable bonds is 6. The second-order valence-electron chi connectivity index (χ2n) is 8.90. The average molecular weight is 371 g/mol. The summed E-state index contributed by atoms with van der Waals surface area (Å²) in [5.74, 6) is 0.963. The van der Waals surface area contributed by atoms with E-state index in [1.165, 1.54) is 16.3 Å². The number of aliphatic hydroxyl groups excluding tert-OH is 1. The van der Waals surface area contributed by atoms with E-state index in [0.717, 1.165) is 44.9 Å². The molecule has 2 aromatic carbocycles. The van der Waals surface area contributed by atoms with Gasteiger partial charge in [0.15, 0.2) is 0 Å². The highest BCUT2D eigenvalue weighted by Gasteiger charge is 2.30. The summed E-state index contributed by atoms with van der Waals surface area (Å²) >= 11 is 0. The lowest BCUT2D eigenvalue weighted by Gasteiger charge is -2.44. The average Bonchev–Trinajstić information content (AvgIpc) is 2.63. The summed E-state index contributed by atoms with van der Waals surface area (Å²) in [6.45, 7) is 12.2. The van der Waals surface area contributed by atoms with Crippen molar-refractivity contribution in [3.63, 3.8) is 0 Å². The number of piperazine rings is 1. The third-order valence-corrected chi connectivity index (χ3v) is 5.43. The molecule has 1 atom stereocenters. The molecule has 148 valence electrons. The van der Waals surface area contributed by atoms with Crippen LogP contribution in [0.25, 0.3) is 10.8 Å². The Labute approximate surface area is 163 Å². The van der Waals surface area contributed by atoms with Crippen LogP contribution in [0.1, 0.15) is 32.8 Å². The minimum atomic E-state index is 0.247. The van der Waals surface area contributed by atoms with Crippen molar-refractivity contribution in [2.75, 3.05) is 39.9 Å². The first-order chi connectivity index (χ1) is 12.9. The van der Waals surface area contributed by atoms with E-state index >= 15 is 0 Å². The van der Waals surface area contributed by atoms with Crippen molar-refractivity contribution in [1.29, 1.82) is 0 Å². The summed E-state index contributed by atoms with van der Waals surface area (Å²) in [5.41, 5.74) is 1.54. The van der Waals surface area contributed by atoms with Crippen molar-refractivity contribution in [2.45, 2.75) is 39.8 Å². The van der Waals surface area contributed by atoms with Gasteiger partial charge in [-0.3, -0.25) is 9.80 Å². The van der Waals surface area contributed by atoms with Crippen LogP contribution >= 0.6 is 0 Å². The van der Waals surface area contributed by atoms with Crippen LogP contribution in [0.2, 0.25) is 0 Å². The third kappa shape index (κ3) is 5.01. The first-order valence-corrected chi connectivity index (χ1v) is 10.0. The van der Waals surface area contributed by atoms with Crippen LogP contribution < -0.4 is 4.74 Å². The molecule has 1 aliphatic heterocycles. The largest absolute Gasteiger partial charge is 0.496 e. The lowest BCUT2D eigenvalue weighted by Crippen LogP contribution is -2.54. The Morgan fingerprint density at radius 3 is 2.59 bits per heavy atom. The molecule has 1 aliphatic rings. The normalized spacial score (nSPS) is 19.5. The maximum atomic E-state index is 9.57. The summed E-state index contributed by atoms with van der Waals surface area (Å²) < 4.78 is 5.68. The van der Waals surface area contributed by atoms with Gasteiger partial charge < -0.3 is 9.84 Å². The Balaban J connectivity index is 1.80. The van der Waals surface area contributed by atoms with Crippen LogP contribution in [0.15, 0.2) is 36.4 Å². The molecule has 4 nitrogen and oxygen atoms in total. The van der Waals surface area contributed by atoms with Crippen molar-refractivity contribution in [2.24, 2.45) is 5.41 Å². The fourth-order valence-electron chi connectivity index (χ4n) is 4.24. The molecule has 0 spiro atoms. The van der Waals surface area contributed by atoms with Gasteiger partial charge in [0, 0.05) is 50.9 Å². The van der Waals surface area contributed by atoms with Gasteiger partial charge in [-0.25, -0.2) is 0 Å². The summed E-state index contributed by atoms with van der Waals surface area (Å²) in [6, 6.07) is 13.2. The zero-order chi connectivity index (χ0) is 19.4. The zero-order valence-electron chi connectivity index (χ0n) is 17.2. The monoisotopic (exact) mass is 370 g/mol. The van der Waals surface area contributed by atoms with E-state index in [4.69, 9.17) is 4.74 Å². The minimum Gasteiger partial charge on any atom is -0.496 e. The molecule has 1 N–H and O–H groups in total. The molecule has 1 saturated heterocycles. The van der Waals surface area contributed by atoms with E-state index in [0.29, 0.717) is 6.04 Å². The summed E-state index contributed by atoms with van der Waals surface area (Å²) in [4.78, 5) is 5.08. The first kappa shape index (κ1) is 20.1. The molecule has 3 rings (SSSR count). The van der Waals surface area contributed by atoms with Crippen molar-refractivity contribution >= 4 is 10.8 Å². The van der Waals surface area contributed by atoms with Gasteiger partial charge in [0.1, 0.15) is 5.75 Å². The van der Waals surface area contributed by atoms with Gasteiger partial charge in [0.25, 0.3) is 0 Å². The van der Waals surface area contributed by atoms with Gasteiger partial charge in [-0.1, -0.05) is 51.1 Å². The van der Waals surface area contributed by atoms with Crippen molar-refractivity contribution in [3.8, 4) is 5.75 Å². The Hall–Kier alpha value is -1.62. The summed E-state index contributed by atoms with van der Waals surface area (Å²) in [6.07, 6.45) is 0.833. The first-order valence-electron chi connectivity index (χ1n) is 10.0. The molecule has 0 amide bonds. The lowest BCUT2D eigenvalue weighted by atomic mass is 9.94. The van der Waals surface area contributed by atoms with E-state index in [-0.39, 0.29) is 12.0 Å². The molecule has 2 aromatic rings. The number of ether oxygens (including phenoxy) is 1. The van der Waals surface area contributed by atoms with Crippen LogP contribution in [-0.2, 0) is 6.54 Å². The summed E-state index contributed by atoms with van der Waals surface area (Å²) in [7, 11) is 1.75. The number of nitrogens with zero attached hydrogens (tertiary/aromatic N) is 2. The lowest BCUT2D eigenvalue weighted by molar-refractivity contribution is 0.0339. The molecule has 0 bridgehead atoms. The molecule has 1 fully saturated rings. The fourth-order valence-corrected chi connectivity index (χ4v) is 4.24. The van der Waals surface area contributed by atoms with Gasteiger partial charge in [-0.05, 0) is 28.7 Å². The summed E-state index contributed by atoms with van der Waals surface area (Å²) in [5, 5.41) is 12.1. The van der Waals surface area contributed by atoms with Gasteiger partial charge in [0.2, 0.25) is 0 Å². The number of hydrogen-bond donors (Lipinski definition) is 1. The number of aliphatic hydroxyl groups is 1. The number of benzene rings is 2. The Kier molecular flexibility index (Phi) is 6.40. The molecule has 0 aliphatic carbocycles. The molecule has 0 aromatic heterocycles. The predicted octanol–water partition coefficient (Wildman–Crippen LogP) is 3.76. The number of fused-ring (bicyclic) bond motifs is 1. The predicted molar refractivity (Wildman–Crippen MR) is 112 cm³/mol. The Morgan fingerprint density at radius 2 is 1.89 bits per heavy atom. The minimum absolute atomic E-state index is 0.247. The fraction of sp³-hybridized carbons (Fsp3) is 0.565. The molecule has 0 saturated carbocycles.